The van der Waals surface area contributed by atoms with Gasteiger partial charge in [-0.1, -0.05) is 30.3 Å². The average Bonchev–Trinajstić information content (AvgIpc) is 2.61. The van der Waals surface area contributed by atoms with Crippen molar-refractivity contribution in [1.82, 2.24) is 0 Å². The Morgan fingerprint density at radius 3 is 2.71 bits per heavy atom. The molecular weight excluding hydrogens is 370 g/mol. The summed E-state index contributed by atoms with van der Waals surface area (Å²) in [6, 6.07) is 13.8. The zero-order valence-corrected chi connectivity index (χ0v) is 15.3. The molecule has 0 saturated carbocycles. The third-order valence-electron chi connectivity index (χ3n) is 4.27. The lowest BCUT2D eigenvalue weighted by Crippen LogP contribution is -2.37. The van der Waals surface area contributed by atoms with Gasteiger partial charge in [0.25, 0.3) is 0 Å². The molecule has 0 radical (unpaired) electrons. The van der Waals surface area contributed by atoms with Gasteiger partial charge in [-0.15, -0.1) is 0 Å². The monoisotopic (exact) mass is 389 g/mol. The van der Waals surface area contributed by atoms with Crippen molar-refractivity contribution >= 4 is 27.6 Å². The molecule has 2 atom stereocenters. The van der Waals surface area contributed by atoms with Crippen molar-refractivity contribution in [2.24, 2.45) is 0 Å². The summed E-state index contributed by atoms with van der Waals surface area (Å²) in [7, 11) is 1.66. The number of hydrogen-bond donors (Lipinski definition) is 1. The molecule has 1 aliphatic heterocycles. The Morgan fingerprint density at radius 2 is 2.04 bits per heavy atom. The number of carbonyl (C=O) groups excluding carboxylic acids is 1. The SMILES string of the molecule is CCOC(=O)C1CC(c2ccccc2)c2cc(OC)cc(Br)c2N1. The van der Waals surface area contributed by atoms with E-state index < -0.39 is 0 Å². The highest BCUT2D eigenvalue weighted by molar-refractivity contribution is 9.10. The molecule has 0 aliphatic carbocycles. The maximum Gasteiger partial charge on any atom is 0.328 e. The third-order valence-corrected chi connectivity index (χ3v) is 4.89. The maximum absolute atomic E-state index is 12.3. The summed E-state index contributed by atoms with van der Waals surface area (Å²) in [5, 5.41) is 3.32. The fraction of sp³-hybridized carbons (Fsp3) is 0.316. The number of fused-ring (bicyclic) bond motifs is 1. The number of methoxy groups -OCH3 is 1. The number of rotatable bonds is 4. The normalized spacial score (nSPS) is 19.1. The Kier molecular flexibility index (Phi) is 5.09. The van der Waals surface area contributed by atoms with E-state index >= 15 is 0 Å². The van der Waals surface area contributed by atoms with Crippen LogP contribution in [0, 0.1) is 0 Å². The van der Waals surface area contributed by atoms with Crippen molar-refractivity contribution in [1.29, 1.82) is 0 Å². The van der Waals surface area contributed by atoms with E-state index in [0.717, 1.165) is 21.5 Å². The summed E-state index contributed by atoms with van der Waals surface area (Å²) in [5.74, 6) is 0.674. The Bertz CT molecular complexity index is 733. The van der Waals surface area contributed by atoms with Gasteiger partial charge in [0.2, 0.25) is 0 Å². The number of carbonyl (C=O) groups is 1. The average molecular weight is 390 g/mol. The number of halogens is 1. The van der Waals surface area contributed by atoms with Gasteiger partial charge < -0.3 is 14.8 Å². The number of benzene rings is 2. The second-order valence-electron chi connectivity index (χ2n) is 5.72. The zero-order chi connectivity index (χ0) is 17.1. The van der Waals surface area contributed by atoms with E-state index in [2.05, 4.69) is 33.4 Å². The van der Waals surface area contributed by atoms with E-state index in [1.165, 1.54) is 5.56 Å². The summed E-state index contributed by atoms with van der Waals surface area (Å²) in [6.07, 6.45) is 0.648. The molecule has 0 aromatic heterocycles. The van der Waals surface area contributed by atoms with Crippen LogP contribution < -0.4 is 10.1 Å². The van der Waals surface area contributed by atoms with Gasteiger partial charge >= 0.3 is 5.97 Å². The van der Waals surface area contributed by atoms with Gasteiger partial charge in [-0.3, -0.25) is 0 Å². The standard InChI is InChI=1S/C19H20BrNO3/c1-3-24-19(22)17-11-14(12-7-5-4-6-8-12)15-9-13(23-2)10-16(20)18(15)21-17/h4-10,14,17,21H,3,11H2,1-2H3. The lowest BCUT2D eigenvalue weighted by atomic mass is 9.82. The van der Waals surface area contributed by atoms with E-state index in [1.807, 2.05) is 37.3 Å². The first-order valence-corrected chi connectivity index (χ1v) is 8.78. The molecule has 1 aliphatic rings. The highest BCUT2D eigenvalue weighted by Crippen LogP contribution is 2.44. The summed E-state index contributed by atoms with van der Waals surface area (Å²) in [5.41, 5.74) is 3.22. The summed E-state index contributed by atoms with van der Waals surface area (Å²) in [6.45, 7) is 2.20. The molecule has 0 amide bonds. The number of nitrogens with one attached hydrogen (secondary N) is 1. The Labute approximate surface area is 150 Å². The minimum Gasteiger partial charge on any atom is -0.497 e. The number of esters is 1. The lowest BCUT2D eigenvalue weighted by molar-refractivity contribution is -0.144. The summed E-state index contributed by atoms with van der Waals surface area (Å²) < 4.78 is 11.5. The van der Waals surface area contributed by atoms with Crippen LogP contribution in [-0.4, -0.2) is 25.7 Å². The molecule has 1 heterocycles. The second kappa shape index (κ2) is 7.26. The van der Waals surface area contributed by atoms with Crippen LogP contribution in [-0.2, 0) is 9.53 Å². The van der Waals surface area contributed by atoms with Gasteiger partial charge in [-0.05, 0) is 52.5 Å². The van der Waals surface area contributed by atoms with Crippen molar-refractivity contribution in [2.75, 3.05) is 19.0 Å². The van der Waals surface area contributed by atoms with Gasteiger partial charge in [0, 0.05) is 10.4 Å². The molecule has 2 unspecified atom stereocenters. The van der Waals surface area contributed by atoms with Gasteiger partial charge in [-0.25, -0.2) is 4.79 Å². The third kappa shape index (κ3) is 3.26. The van der Waals surface area contributed by atoms with E-state index in [1.54, 1.807) is 7.11 Å². The van der Waals surface area contributed by atoms with Crippen LogP contribution in [0.3, 0.4) is 0 Å². The largest absolute Gasteiger partial charge is 0.497 e. The Hall–Kier alpha value is -2.01. The fourth-order valence-electron chi connectivity index (χ4n) is 3.14. The highest BCUT2D eigenvalue weighted by atomic mass is 79.9. The van der Waals surface area contributed by atoms with Crippen molar-refractivity contribution in [3.63, 3.8) is 0 Å². The maximum atomic E-state index is 12.3. The molecule has 126 valence electrons. The van der Waals surface area contributed by atoms with Crippen LogP contribution in [0.25, 0.3) is 0 Å². The summed E-state index contributed by atoms with van der Waals surface area (Å²) >= 11 is 3.59. The molecule has 0 saturated heterocycles. The first kappa shape index (κ1) is 16.8. The Morgan fingerprint density at radius 1 is 1.29 bits per heavy atom. The van der Waals surface area contributed by atoms with Crippen LogP contribution >= 0.6 is 15.9 Å². The van der Waals surface area contributed by atoms with Crippen LogP contribution in [0.5, 0.6) is 5.75 Å². The first-order chi connectivity index (χ1) is 11.6. The van der Waals surface area contributed by atoms with Crippen molar-refractivity contribution in [3.05, 3.63) is 58.1 Å². The molecule has 2 aromatic carbocycles. The molecule has 1 N–H and O–H groups in total. The predicted octanol–water partition coefficient (Wildman–Crippen LogP) is 4.34. The topological polar surface area (TPSA) is 47.6 Å². The van der Waals surface area contributed by atoms with Crippen LogP contribution in [0.2, 0.25) is 0 Å². The van der Waals surface area contributed by atoms with E-state index in [9.17, 15) is 4.79 Å². The first-order valence-electron chi connectivity index (χ1n) is 7.99. The summed E-state index contributed by atoms with van der Waals surface area (Å²) in [4.78, 5) is 12.3. The van der Waals surface area contributed by atoms with Crippen molar-refractivity contribution < 1.29 is 14.3 Å². The van der Waals surface area contributed by atoms with E-state index in [-0.39, 0.29) is 17.9 Å². The molecule has 5 heteroatoms. The van der Waals surface area contributed by atoms with E-state index in [4.69, 9.17) is 9.47 Å². The van der Waals surface area contributed by atoms with Crippen molar-refractivity contribution in [2.45, 2.75) is 25.3 Å². The molecule has 24 heavy (non-hydrogen) atoms. The minimum atomic E-state index is -0.368. The predicted molar refractivity (Wildman–Crippen MR) is 97.6 cm³/mol. The molecule has 0 spiro atoms. The second-order valence-corrected chi connectivity index (χ2v) is 6.58. The number of hydrogen-bond acceptors (Lipinski definition) is 4. The Balaban J connectivity index is 2.07. The minimum absolute atomic E-state index is 0.100. The zero-order valence-electron chi connectivity index (χ0n) is 13.7. The molecular formula is C19H20BrNO3. The lowest BCUT2D eigenvalue weighted by Gasteiger charge is -2.33. The quantitative estimate of drug-likeness (QED) is 0.790. The fourth-order valence-corrected chi connectivity index (χ4v) is 3.71. The van der Waals surface area contributed by atoms with E-state index in [0.29, 0.717) is 13.0 Å². The number of ether oxygens (including phenoxy) is 2. The van der Waals surface area contributed by atoms with Crippen LogP contribution in [0.1, 0.15) is 30.4 Å². The molecule has 4 nitrogen and oxygen atoms in total. The van der Waals surface area contributed by atoms with Gasteiger partial charge in [-0.2, -0.15) is 0 Å². The molecule has 0 fully saturated rings. The number of anilines is 1. The molecule has 2 aromatic rings. The van der Waals surface area contributed by atoms with Crippen LogP contribution in [0.15, 0.2) is 46.9 Å². The molecule has 3 rings (SSSR count). The van der Waals surface area contributed by atoms with Gasteiger partial charge in [0.05, 0.1) is 19.4 Å². The highest BCUT2D eigenvalue weighted by Gasteiger charge is 2.34. The van der Waals surface area contributed by atoms with Crippen molar-refractivity contribution in [3.8, 4) is 5.75 Å². The van der Waals surface area contributed by atoms with Gasteiger partial charge in [0.1, 0.15) is 11.8 Å². The van der Waals surface area contributed by atoms with Crippen LogP contribution in [0.4, 0.5) is 5.69 Å². The molecule has 0 bridgehead atoms. The van der Waals surface area contributed by atoms with Gasteiger partial charge in [0.15, 0.2) is 0 Å². The smallest absolute Gasteiger partial charge is 0.328 e.